The average Bonchev–Trinajstić information content (AvgIpc) is 3.47. The highest BCUT2D eigenvalue weighted by molar-refractivity contribution is 7.26. The van der Waals surface area contributed by atoms with Gasteiger partial charge >= 0.3 is 0 Å². The lowest BCUT2D eigenvalue weighted by Crippen LogP contribution is -2.11. The van der Waals surface area contributed by atoms with Crippen molar-refractivity contribution in [3.63, 3.8) is 0 Å². The lowest BCUT2D eigenvalue weighted by molar-refractivity contribution is 0.498. The van der Waals surface area contributed by atoms with Crippen molar-refractivity contribution in [1.29, 1.82) is 0 Å². The average molecular weight is 484 g/mol. The number of rotatable bonds is 3. The molecule has 0 unspecified atom stereocenters. The summed E-state index contributed by atoms with van der Waals surface area (Å²) in [4.78, 5) is 4.94. The molecular formula is C30H29NOS2. The molecule has 4 heteroatoms. The molecule has 4 aromatic heterocycles. The Balaban J connectivity index is 1.65. The highest BCUT2D eigenvalue weighted by atomic mass is 32.1. The Morgan fingerprint density at radius 3 is 2.56 bits per heavy atom. The second-order valence-electron chi connectivity index (χ2n) is 10.8. The summed E-state index contributed by atoms with van der Waals surface area (Å²) in [7, 11) is 0. The van der Waals surface area contributed by atoms with Gasteiger partial charge in [0.05, 0.1) is 10.4 Å². The molecule has 172 valence electrons. The highest BCUT2D eigenvalue weighted by Crippen LogP contribution is 2.45. The second kappa shape index (κ2) is 7.66. The summed E-state index contributed by atoms with van der Waals surface area (Å²) in [5, 5.41) is 7.20. The Morgan fingerprint density at radius 2 is 1.79 bits per heavy atom. The molecule has 0 bridgehead atoms. The Kier molecular flexibility index (Phi) is 4.91. The molecule has 0 amide bonds. The zero-order valence-electron chi connectivity index (χ0n) is 20.6. The molecule has 0 radical (unpaired) electrons. The van der Waals surface area contributed by atoms with Crippen LogP contribution < -0.4 is 0 Å². The number of thiophene rings is 2. The maximum absolute atomic E-state index is 6.50. The minimum atomic E-state index is 0.0639. The van der Waals surface area contributed by atoms with E-state index in [0.29, 0.717) is 5.92 Å². The molecular weight excluding hydrogens is 454 g/mol. The number of benzene rings is 2. The van der Waals surface area contributed by atoms with Gasteiger partial charge in [-0.1, -0.05) is 46.8 Å². The van der Waals surface area contributed by atoms with Gasteiger partial charge in [-0.25, -0.2) is 0 Å². The first-order valence-corrected chi connectivity index (χ1v) is 13.7. The largest absolute Gasteiger partial charge is 0.459 e. The van der Waals surface area contributed by atoms with E-state index < -0.39 is 0 Å². The van der Waals surface area contributed by atoms with Gasteiger partial charge < -0.3 is 4.42 Å². The molecule has 0 atom stereocenters. The summed E-state index contributed by atoms with van der Waals surface area (Å²) in [6, 6.07) is 13.6. The first kappa shape index (κ1) is 21.8. The normalized spacial score (nSPS) is 12.8. The molecule has 6 rings (SSSR count). The first-order valence-electron chi connectivity index (χ1n) is 12.0. The van der Waals surface area contributed by atoms with Gasteiger partial charge in [-0.05, 0) is 64.4 Å². The molecule has 0 aliphatic rings. The van der Waals surface area contributed by atoms with E-state index in [4.69, 9.17) is 9.40 Å². The lowest BCUT2D eigenvalue weighted by atomic mass is 9.85. The van der Waals surface area contributed by atoms with Crippen LogP contribution in [0.4, 0.5) is 0 Å². The molecule has 4 heterocycles. The van der Waals surface area contributed by atoms with E-state index in [2.05, 4.69) is 83.3 Å². The minimum absolute atomic E-state index is 0.0639. The monoisotopic (exact) mass is 483 g/mol. The number of hydrogen-bond acceptors (Lipinski definition) is 4. The Bertz CT molecular complexity index is 1710. The molecule has 0 saturated carbocycles. The Morgan fingerprint density at radius 1 is 1.00 bits per heavy atom. The second-order valence-corrected chi connectivity index (χ2v) is 12.8. The first-order chi connectivity index (χ1) is 16.2. The zero-order chi connectivity index (χ0) is 23.8. The quantitative estimate of drug-likeness (QED) is 0.250. The number of fused-ring (bicyclic) bond motifs is 6. The summed E-state index contributed by atoms with van der Waals surface area (Å²) in [5.41, 5.74) is 6.01. The number of hydrogen-bond donors (Lipinski definition) is 0. The fourth-order valence-corrected chi connectivity index (χ4v) is 7.35. The van der Waals surface area contributed by atoms with E-state index >= 15 is 0 Å². The maximum atomic E-state index is 6.50. The van der Waals surface area contributed by atoms with Gasteiger partial charge in [0.2, 0.25) is 0 Å². The van der Waals surface area contributed by atoms with Crippen LogP contribution in [0, 0.1) is 12.8 Å². The van der Waals surface area contributed by atoms with Crippen LogP contribution in [0.3, 0.4) is 0 Å². The van der Waals surface area contributed by atoms with Crippen LogP contribution >= 0.6 is 22.7 Å². The molecule has 0 aliphatic heterocycles. The number of furan rings is 1. The van der Waals surface area contributed by atoms with E-state index in [0.717, 1.165) is 23.5 Å². The van der Waals surface area contributed by atoms with Crippen molar-refractivity contribution in [2.24, 2.45) is 5.92 Å². The van der Waals surface area contributed by atoms with Crippen molar-refractivity contribution in [1.82, 2.24) is 4.98 Å². The molecule has 34 heavy (non-hydrogen) atoms. The third-order valence-electron chi connectivity index (χ3n) is 6.78. The van der Waals surface area contributed by atoms with E-state index in [-0.39, 0.29) is 5.41 Å². The van der Waals surface area contributed by atoms with Gasteiger partial charge in [-0.3, -0.25) is 4.98 Å². The lowest BCUT2D eigenvalue weighted by Gasteiger charge is -2.21. The Labute approximate surface area is 208 Å². The predicted octanol–water partition coefficient (Wildman–Crippen LogP) is 9.88. The standard InChI is InChI=1S/C30H29NOS2/c1-16(2)13-23-17(3)20-7-8-21-25-24(34-29(21)27(20)32-23)9-11-31-26(25)19-14-18-10-12-33-28(18)22(15-19)30(4,5)6/h7-12,14-16H,13H2,1-6H3. The van der Waals surface area contributed by atoms with Gasteiger partial charge in [0.25, 0.3) is 0 Å². The smallest absolute Gasteiger partial charge is 0.152 e. The third-order valence-corrected chi connectivity index (χ3v) is 8.91. The van der Waals surface area contributed by atoms with E-state index in [1.54, 1.807) is 0 Å². The van der Waals surface area contributed by atoms with Crippen LogP contribution in [0.2, 0.25) is 0 Å². The summed E-state index contributed by atoms with van der Waals surface area (Å²) in [6.07, 6.45) is 2.92. The number of aromatic nitrogens is 1. The van der Waals surface area contributed by atoms with Crippen LogP contribution in [0.5, 0.6) is 0 Å². The van der Waals surface area contributed by atoms with E-state index in [1.165, 1.54) is 52.3 Å². The zero-order valence-corrected chi connectivity index (χ0v) is 22.2. The SMILES string of the molecule is Cc1c(CC(C)C)oc2c1ccc1c2sc2ccnc(-c3cc(C(C)(C)C)c4sccc4c3)c21. The Hall–Kier alpha value is -2.69. The summed E-state index contributed by atoms with van der Waals surface area (Å²) < 4.78 is 10.4. The summed E-state index contributed by atoms with van der Waals surface area (Å²) in [6.45, 7) is 13.6. The van der Waals surface area contributed by atoms with Gasteiger partial charge in [0.1, 0.15) is 5.76 Å². The number of aryl methyl sites for hydroxylation is 1. The molecule has 2 nitrogen and oxygen atoms in total. The highest BCUT2D eigenvalue weighted by Gasteiger charge is 2.22. The summed E-state index contributed by atoms with van der Waals surface area (Å²) >= 11 is 3.66. The van der Waals surface area contributed by atoms with Crippen molar-refractivity contribution >= 4 is 63.9 Å². The van der Waals surface area contributed by atoms with Gasteiger partial charge in [-0.2, -0.15) is 0 Å². The van der Waals surface area contributed by atoms with Crippen molar-refractivity contribution in [2.45, 2.75) is 53.4 Å². The fraction of sp³-hybridized carbons (Fsp3) is 0.300. The van der Waals surface area contributed by atoms with Crippen molar-refractivity contribution in [3.05, 3.63) is 64.9 Å². The van der Waals surface area contributed by atoms with Gasteiger partial charge in [0.15, 0.2) is 5.58 Å². The molecule has 0 aliphatic carbocycles. The maximum Gasteiger partial charge on any atom is 0.152 e. The third kappa shape index (κ3) is 3.30. The molecule has 0 saturated heterocycles. The van der Waals surface area contributed by atoms with E-state index in [9.17, 15) is 0 Å². The molecule has 0 fully saturated rings. The molecule has 6 aromatic rings. The molecule has 0 spiro atoms. The van der Waals surface area contributed by atoms with Crippen molar-refractivity contribution in [2.75, 3.05) is 0 Å². The predicted molar refractivity (Wildman–Crippen MR) is 150 cm³/mol. The van der Waals surface area contributed by atoms with Crippen LogP contribution in [0.1, 0.15) is 51.5 Å². The molecule has 0 N–H and O–H groups in total. The number of nitrogens with zero attached hydrogens (tertiary/aromatic N) is 1. The minimum Gasteiger partial charge on any atom is -0.459 e. The van der Waals surface area contributed by atoms with Crippen molar-refractivity contribution in [3.8, 4) is 11.3 Å². The van der Waals surface area contributed by atoms with Gasteiger partial charge in [-0.15, -0.1) is 22.7 Å². The fourth-order valence-electron chi connectivity index (χ4n) is 5.07. The van der Waals surface area contributed by atoms with Crippen LogP contribution in [-0.4, -0.2) is 4.98 Å². The summed E-state index contributed by atoms with van der Waals surface area (Å²) in [5.74, 6) is 1.68. The van der Waals surface area contributed by atoms with Crippen LogP contribution in [0.25, 0.3) is 52.5 Å². The van der Waals surface area contributed by atoms with Gasteiger partial charge in [0, 0.05) is 43.7 Å². The van der Waals surface area contributed by atoms with Crippen molar-refractivity contribution < 1.29 is 4.42 Å². The van der Waals surface area contributed by atoms with E-state index in [1.807, 2.05) is 28.9 Å². The van der Waals surface area contributed by atoms with Crippen LogP contribution in [-0.2, 0) is 11.8 Å². The number of pyridine rings is 1. The topological polar surface area (TPSA) is 26.0 Å². The van der Waals surface area contributed by atoms with Crippen LogP contribution in [0.15, 0.2) is 52.4 Å². The molecule has 2 aromatic carbocycles.